The minimum absolute atomic E-state index is 0.152. The molecular formula is C19H22N2O3. The number of nitrogens with zero attached hydrogens (tertiary/aromatic N) is 1. The molecular weight excluding hydrogens is 304 g/mol. The Bertz CT molecular complexity index is 715. The van der Waals surface area contributed by atoms with Gasteiger partial charge in [-0.2, -0.15) is 0 Å². The zero-order chi connectivity index (χ0) is 17.1. The largest absolute Gasteiger partial charge is 0.489 e. The molecule has 1 aromatic carbocycles. The lowest BCUT2D eigenvalue weighted by atomic mass is 10.0. The zero-order valence-electron chi connectivity index (χ0n) is 14.2. The van der Waals surface area contributed by atoms with Crippen molar-refractivity contribution in [3.8, 4) is 5.75 Å². The van der Waals surface area contributed by atoms with Gasteiger partial charge in [-0.05, 0) is 59.4 Å². The number of rotatable bonds is 4. The molecule has 1 unspecified atom stereocenters. The van der Waals surface area contributed by atoms with E-state index < -0.39 is 0 Å². The van der Waals surface area contributed by atoms with Crippen LogP contribution in [0.5, 0.6) is 5.75 Å². The summed E-state index contributed by atoms with van der Waals surface area (Å²) >= 11 is 0. The monoisotopic (exact) mass is 326 g/mol. The Balaban J connectivity index is 1.63. The summed E-state index contributed by atoms with van der Waals surface area (Å²) in [5, 5.41) is 2.80. The van der Waals surface area contributed by atoms with Crippen LogP contribution in [0.3, 0.4) is 0 Å². The quantitative estimate of drug-likeness (QED) is 0.912. The van der Waals surface area contributed by atoms with Gasteiger partial charge in [-0.3, -0.25) is 0 Å². The van der Waals surface area contributed by atoms with Crippen LogP contribution >= 0.6 is 0 Å². The number of amides is 2. The molecule has 1 N–H and O–H groups in total. The van der Waals surface area contributed by atoms with Crippen molar-refractivity contribution in [2.45, 2.75) is 13.3 Å². The Kier molecular flexibility index (Phi) is 4.60. The third kappa shape index (κ3) is 3.45. The van der Waals surface area contributed by atoms with Gasteiger partial charge in [0.1, 0.15) is 12.4 Å². The summed E-state index contributed by atoms with van der Waals surface area (Å²) in [6, 6.07) is 7.26. The average molecular weight is 326 g/mol. The molecule has 3 rings (SSSR count). The number of hydrogen-bond acceptors (Lipinski definition) is 3. The third-order valence-corrected chi connectivity index (χ3v) is 4.24. The lowest BCUT2D eigenvalue weighted by molar-refractivity contribution is 0.230. The number of anilines is 1. The lowest BCUT2D eigenvalue weighted by Crippen LogP contribution is -2.27. The van der Waals surface area contributed by atoms with Crippen molar-refractivity contribution in [2.75, 3.05) is 26.0 Å². The number of benzene rings is 1. The van der Waals surface area contributed by atoms with E-state index in [9.17, 15) is 4.79 Å². The van der Waals surface area contributed by atoms with Crippen LogP contribution in [0.1, 0.15) is 13.3 Å². The molecule has 0 fully saturated rings. The summed E-state index contributed by atoms with van der Waals surface area (Å²) in [6.07, 6.45) is 6.53. The van der Waals surface area contributed by atoms with Crippen molar-refractivity contribution in [3.63, 3.8) is 0 Å². The van der Waals surface area contributed by atoms with Crippen molar-refractivity contribution in [3.05, 3.63) is 59.6 Å². The number of fused-ring (bicyclic) bond motifs is 1. The molecule has 1 atom stereocenters. The third-order valence-electron chi connectivity index (χ3n) is 4.24. The summed E-state index contributed by atoms with van der Waals surface area (Å²) in [6.45, 7) is 2.76. The van der Waals surface area contributed by atoms with E-state index in [0.717, 1.165) is 17.9 Å². The van der Waals surface area contributed by atoms with Crippen LogP contribution in [-0.4, -0.2) is 31.6 Å². The highest BCUT2D eigenvalue weighted by Crippen LogP contribution is 2.38. The average Bonchev–Trinajstić information content (AvgIpc) is 2.89. The highest BCUT2D eigenvalue weighted by atomic mass is 16.5. The molecule has 5 heteroatoms. The van der Waals surface area contributed by atoms with E-state index in [1.807, 2.05) is 36.6 Å². The number of nitrogens with one attached hydrogen (secondary N) is 1. The van der Waals surface area contributed by atoms with Gasteiger partial charge < -0.3 is 19.7 Å². The predicted molar refractivity (Wildman–Crippen MR) is 93.8 cm³/mol. The highest BCUT2D eigenvalue weighted by Gasteiger charge is 2.26. The van der Waals surface area contributed by atoms with Gasteiger partial charge in [-0.1, -0.05) is 6.92 Å². The Hall–Kier alpha value is -2.69. The van der Waals surface area contributed by atoms with Crippen LogP contribution in [-0.2, 0) is 4.74 Å². The molecule has 1 heterocycles. The van der Waals surface area contributed by atoms with E-state index >= 15 is 0 Å². The number of allylic oxidation sites excluding steroid dienone is 3. The minimum atomic E-state index is -0.152. The van der Waals surface area contributed by atoms with Gasteiger partial charge >= 0.3 is 6.03 Å². The molecule has 0 saturated carbocycles. The van der Waals surface area contributed by atoms with Crippen LogP contribution in [0, 0.1) is 5.92 Å². The molecule has 0 bridgehead atoms. The van der Waals surface area contributed by atoms with Crippen molar-refractivity contribution in [1.29, 1.82) is 0 Å². The fraction of sp³-hybridized carbons (Fsp3) is 0.316. The summed E-state index contributed by atoms with van der Waals surface area (Å²) in [4.78, 5) is 13.1. The van der Waals surface area contributed by atoms with E-state index in [2.05, 4.69) is 12.2 Å². The van der Waals surface area contributed by atoms with Gasteiger partial charge in [0.15, 0.2) is 0 Å². The van der Waals surface area contributed by atoms with Crippen molar-refractivity contribution in [1.82, 2.24) is 4.90 Å². The first kappa shape index (κ1) is 16.2. The molecule has 0 aromatic heterocycles. The molecule has 1 aromatic rings. The molecule has 0 spiro atoms. The maximum Gasteiger partial charge on any atom is 0.321 e. The fourth-order valence-corrected chi connectivity index (χ4v) is 2.84. The van der Waals surface area contributed by atoms with E-state index in [0.29, 0.717) is 12.5 Å². The highest BCUT2D eigenvalue weighted by molar-refractivity contribution is 5.88. The standard InChI is InChI=1S/C19H22N2O3/c1-13-10-14-11-23-9-8-17(14)18(13)12-24-16-6-4-15(5-7-16)20-19(22)21(2)3/h4-9,11,13H,10,12H2,1-3H3,(H,20,22). The van der Waals surface area contributed by atoms with Gasteiger partial charge in [0, 0.05) is 19.8 Å². The first-order chi connectivity index (χ1) is 11.5. The van der Waals surface area contributed by atoms with Gasteiger partial charge in [0.05, 0.1) is 12.5 Å². The first-order valence-corrected chi connectivity index (χ1v) is 8.00. The second-order valence-corrected chi connectivity index (χ2v) is 6.26. The smallest absolute Gasteiger partial charge is 0.321 e. The molecule has 2 amide bonds. The van der Waals surface area contributed by atoms with Crippen molar-refractivity contribution < 1.29 is 14.3 Å². The van der Waals surface area contributed by atoms with Gasteiger partial charge in [-0.25, -0.2) is 4.79 Å². The van der Waals surface area contributed by atoms with Crippen LogP contribution in [0.25, 0.3) is 0 Å². The Labute approximate surface area is 142 Å². The maximum atomic E-state index is 11.6. The molecule has 126 valence electrons. The second kappa shape index (κ2) is 6.83. The van der Waals surface area contributed by atoms with Crippen LogP contribution in [0.2, 0.25) is 0 Å². The van der Waals surface area contributed by atoms with Gasteiger partial charge in [0.25, 0.3) is 0 Å². The van der Waals surface area contributed by atoms with Crippen LogP contribution in [0.15, 0.2) is 59.6 Å². The molecule has 0 radical (unpaired) electrons. The summed E-state index contributed by atoms with van der Waals surface area (Å²) in [5.41, 5.74) is 4.52. The van der Waals surface area contributed by atoms with E-state index in [4.69, 9.17) is 9.47 Å². The molecule has 0 saturated heterocycles. The number of ether oxygens (including phenoxy) is 2. The van der Waals surface area contributed by atoms with Crippen LogP contribution in [0.4, 0.5) is 10.5 Å². The summed E-state index contributed by atoms with van der Waals surface area (Å²) in [5.74, 6) is 1.24. The van der Waals surface area contributed by atoms with Gasteiger partial charge in [-0.15, -0.1) is 0 Å². The Morgan fingerprint density at radius 3 is 2.79 bits per heavy atom. The normalized spacial score (nSPS) is 18.6. The molecule has 5 nitrogen and oxygen atoms in total. The maximum absolute atomic E-state index is 11.6. The predicted octanol–water partition coefficient (Wildman–Crippen LogP) is 3.92. The molecule has 24 heavy (non-hydrogen) atoms. The number of carbonyl (C=O) groups is 1. The molecule has 1 aliphatic heterocycles. The van der Waals surface area contributed by atoms with Gasteiger partial charge in [0.2, 0.25) is 0 Å². The summed E-state index contributed by atoms with van der Waals surface area (Å²) in [7, 11) is 3.41. The number of urea groups is 1. The summed E-state index contributed by atoms with van der Waals surface area (Å²) < 4.78 is 11.2. The van der Waals surface area contributed by atoms with E-state index in [-0.39, 0.29) is 6.03 Å². The topological polar surface area (TPSA) is 50.8 Å². The Morgan fingerprint density at radius 1 is 1.33 bits per heavy atom. The van der Waals surface area contributed by atoms with Crippen LogP contribution < -0.4 is 10.1 Å². The molecule has 1 aliphatic carbocycles. The zero-order valence-corrected chi connectivity index (χ0v) is 14.2. The number of carbonyl (C=O) groups excluding carboxylic acids is 1. The van der Waals surface area contributed by atoms with Crippen molar-refractivity contribution in [2.24, 2.45) is 5.92 Å². The minimum Gasteiger partial charge on any atom is -0.489 e. The van der Waals surface area contributed by atoms with Crippen molar-refractivity contribution >= 4 is 11.7 Å². The molecule has 2 aliphatic rings. The SMILES string of the molecule is CC1CC2=COC=CC2=C1COc1ccc(NC(=O)N(C)C)cc1. The van der Waals surface area contributed by atoms with E-state index in [1.165, 1.54) is 21.6 Å². The van der Waals surface area contributed by atoms with E-state index in [1.54, 1.807) is 20.4 Å². The Morgan fingerprint density at radius 2 is 2.08 bits per heavy atom. The fourth-order valence-electron chi connectivity index (χ4n) is 2.84. The first-order valence-electron chi connectivity index (χ1n) is 8.00. The second-order valence-electron chi connectivity index (χ2n) is 6.26. The number of hydrogen-bond donors (Lipinski definition) is 1. The lowest BCUT2D eigenvalue weighted by Gasteiger charge is -2.14.